The Morgan fingerprint density at radius 2 is 2.19 bits per heavy atom. The minimum atomic E-state index is -0.594. The highest BCUT2D eigenvalue weighted by Gasteiger charge is 2.33. The molecule has 3 unspecified atom stereocenters. The molecular weight excluding hydrogens is 271 g/mol. The molecule has 5 heteroatoms. The average molecular weight is 292 g/mol. The van der Waals surface area contributed by atoms with Crippen LogP contribution in [-0.4, -0.2) is 42.1 Å². The van der Waals surface area contributed by atoms with Crippen molar-refractivity contribution in [2.45, 2.75) is 44.4 Å². The van der Waals surface area contributed by atoms with Crippen molar-refractivity contribution in [3.63, 3.8) is 0 Å². The molecular formula is C16H21FN2O2. The second-order valence-electron chi connectivity index (χ2n) is 5.93. The van der Waals surface area contributed by atoms with Gasteiger partial charge in [-0.2, -0.15) is 0 Å². The molecule has 3 rings (SSSR count). The lowest BCUT2D eigenvalue weighted by atomic mass is 10.1. The van der Waals surface area contributed by atoms with Gasteiger partial charge in [0, 0.05) is 31.2 Å². The Balaban J connectivity index is 1.61. The average Bonchev–Trinajstić information content (AvgIpc) is 2.77. The number of nitrogens with one attached hydrogen (secondary N) is 1. The number of carbonyl (C=O) groups is 1. The van der Waals surface area contributed by atoms with Crippen LogP contribution in [0.25, 0.3) is 0 Å². The van der Waals surface area contributed by atoms with Crippen LogP contribution in [0.1, 0.15) is 26.2 Å². The van der Waals surface area contributed by atoms with Crippen molar-refractivity contribution in [1.29, 1.82) is 0 Å². The number of benzene rings is 1. The lowest BCUT2D eigenvalue weighted by molar-refractivity contribution is -0.138. The zero-order valence-electron chi connectivity index (χ0n) is 12.2. The molecule has 2 bridgehead atoms. The molecule has 0 radical (unpaired) electrons. The normalized spacial score (nSPS) is 26.3. The first-order chi connectivity index (χ1) is 10.1. The fourth-order valence-electron chi connectivity index (χ4n) is 3.20. The summed E-state index contributed by atoms with van der Waals surface area (Å²) in [5, 5.41) is 3.55. The predicted molar refractivity (Wildman–Crippen MR) is 77.6 cm³/mol. The molecule has 4 nitrogen and oxygen atoms in total. The third-order valence-electron chi connectivity index (χ3n) is 4.29. The molecule has 1 N–H and O–H groups in total. The van der Waals surface area contributed by atoms with Gasteiger partial charge in [-0.05, 0) is 38.3 Å². The molecule has 2 fully saturated rings. The third kappa shape index (κ3) is 3.35. The molecule has 1 aromatic carbocycles. The van der Waals surface area contributed by atoms with Crippen LogP contribution < -0.4 is 10.1 Å². The van der Waals surface area contributed by atoms with Gasteiger partial charge in [0.15, 0.2) is 6.10 Å². The first-order valence-corrected chi connectivity index (χ1v) is 7.59. The highest BCUT2D eigenvalue weighted by molar-refractivity contribution is 5.81. The van der Waals surface area contributed by atoms with Gasteiger partial charge < -0.3 is 15.0 Å². The second kappa shape index (κ2) is 6.02. The molecule has 114 valence electrons. The van der Waals surface area contributed by atoms with Crippen LogP contribution in [0.4, 0.5) is 4.39 Å². The summed E-state index contributed by atoms with van der Waals surface area (Å²) in [6.07, 6.45) is 2.74. The maximum Gasteiger partial charge on any atom is 0.263 e. The summed E-state index contributed by atoms with van der Waals surface area (Å²) in [6.45, 7) is 3.24. The van der Waals surface area contributed by atoms with Crippen molar-refractivity contribution < 1.29 is 13.9 Å². The van der Waals surface area contributed by atoms with E-state index in [1.165, 1.54) is 18.6 Å². The van der Waals surface area contributed by atoms with Crippen molar-refractivity contribution in [1.82, 2.24) is 10.2 Å². The highest BCUT2D eigenvalue weighted by Crippen LogP contribution is 2.21. The van der Waals surface area contributed by atoms with E-state index in [1.807, 2.05) is 4.90 Å². The number of nitrogens with zero attached hydrogens (tertiary/aromatic N) is 1. The Kier molecular flexibility index (Phi) is 4.10. The summed E-state index contributed by atoms with van der Waals surface area (Å²) in [4.78, 5) is 14.4. The minimum Gasteiger partial charge on any atom is -0.481 e. The standard InChI is InChI=1S/C16H21FN2O2/c1-11(21-15-4-2-3-12(17)9-15)16(20)19-8-7-13-5-6-14(10-19)18-13/h2-4,9,11,13-14,18H,5-8,10H2,1H3. The summed E-state index contributed by atoms with van der Waals surface area (Å²) >= 11 is 0. The minimum absolute atomic E-state index is 0.0198. The molecule has 0 saturated carbocycles. The Labute approximate surface area is 124 Å². The van der Waals surface area contributed by atoms with Crippen LogP contribution in [0.15, 0.2) is 24.3 Å². The van der Waals surface area contributed by atoms with E-state index in [2.05, 4.69) is 5.32 Å². The van der Waals surface area contributed by atoms with E-state index in [-0.39, 0.29) is 11.7 Å². The Bertz CT molecular complexity index is 523. The molecule has 0 spiro atoms. The van der Waals surface area contributed by atoms with Crippen LogP contribution >= 0.6 is 0 Å². The topological polar surface area (TPSA) is 41.6 Å². The van der Waals surface area contributed by atoms with Crippen molar-refractivity contribution in [2.24, 2.45) is 0 Å². The van der Waals surface area contributed by atoms with Gasteiger partial charge in [0.05, 0.1) is 0 Å². The Hall–Kier alpha value is -1.62. The summed E-state index contributed by atoms with van der Waals surface area (Å²) in [6, 6.07) is 6.86. The number of rotatable bonds is 3. The number of fused-ring (bicyclic) bond motifs is 2. The van der Waals surface area contributed by atoms with E-state index in [9.17, 15) is 9.18 Å². The van der Waals surface area contributed by atoms with Gasteiger partial charge in [0.2, 0.25) is 0 Å². The summed E-state index contributed by atoms with van der Waals surface area (Å²) in [5.74, 6) is 0.0161. The molecule has 2 aliphatic rings. The van der Waals surface area contributed by atoms with Crippen molar-refractivity contribution >= 4 is 5.91 Å². The molecule has 1 aromatic rings. The molecule has 0 aromatic heterocycles. The van der Waals surface area contributed by atoms with E-state index < -0.39 is 6.10 Å². The summed E-state index contributed by atoms with van der Waals surface area (Å²) in [5.41, 5.74) is 0. The van der Waals surface area contributed by atoms with E-state index in [4.69, 9.17) is 4.74 Å². The first kappa shape index (κ1) is 14.3. The SMILES string of the molecule is CC(Oc1cccc(F)c1)C(=O)N1CCC2CCC(C1)N2. The van der Waals surface area contributed by atoms with Gasteiger partial charge in [0.25, 0.3) is 5.91 Å². The largest absolute Gasteiger partial charge is 0.481 e. The van der Waals surface area contributed by atoms with Gasteiger partial charge in [0.1, 0.15) is 11.6 Å². The Morgan fingerprint density at radius 3 is 3.00 bits per heavy atom. The number of amides is 1. The van der Waals surface area contributed by atoms with E-state index in [0.29, 0.717) is 17.8 Å². The van der Waals surface area contributed by atoms with Gasteiger partial charge >= 0.3 is 0 Å². The summed E-state index contributed by atoms with van der Waals surface area (Å²) < 4.78 is 18.7. The maximum atomic E-state index is 13.1. The van der Waals surface area contributed by atoms with Crippen molar-refractivity contribution in [3.8, 4) is 5.75 Å². The van der Waals surface area contributed by atoms with Crippen LogP contribution in [0.2, 0.25) is 0 Å². The zero-order chi connectivity index (χ0) is 14.8. The van der Waals surface area contributed by atoms with E-state index >= 15 is 0 Å². The van der Waals surface area contributed by atoms with Crippen LogP contribution in [0, 0.1) is 5.82 Å². The number of hydrogen-bond acceptors (Lipinski definition) is 3. The van der Waals surface area contributed by atoms with Gasteiger partial charge in [-0.25, -0.2) is 4.39 Å². The van der Waals surface area contributed by atoms with Gasteiger partial charge in [-0.15, -0.1) is 0 Å². The fourth-order valence-corrected chi connectivity index (χ4v) is 3.20. The molecule has 1 amide bonds. The Morgan fingerprint density at radius 1 is 1.38 bits per heavy atom. The third-order valence-corrected chi connectivity index (χ3v) is 4.29. The molecule has 2 saturated heterocycles. The van der Waals surface area contributed by atoms with Gasteiger partial charge in [-0.1, -0.05) is 6.07 Å². The molecule has 21 heavy (non-hydrogen) atoms. The lowest BCUT2D eigenvalue weighted by Gasteiger charge is -2.27. The van der Waals surface area contributed by atoms with Crippen LogP contribution in [-0.2, 0) is 4.79 Å². The first-order valence-electron chi connectivity index (χ1n) is 7.59. The highest BCUT2D eigenvalue weighted by atomic mass is 19.1. The zero-order valence-corrected chi connectivity index (χ0v) is 12.2. The monoisotopic (exact) mass is 292 g/mol. The van der Waals surface area contributed by atoms with Crippen LogP contribution in [0.5, 0.6) is 5.75 Å². The summed E-state index contributed by atoms with van der Waals surface area (Å²) in [7, 11) is 0. The second-order valence-corrected chi connectivity index (χ2v) is 5.93. The van der Waals surface area contributed by atoms with E-state index in [1.54, 1.807) is 19.1 Å². The number of ether oxygens (including phenoxy) is 1. The molecule has 3 atom stereocenters. The molecule has 2 aliphatic heterocycles. The lowest BCUT2D eigenvalue weighted by Crippen LogP contribution is -2.44. The number of carbonyl (C=O) groups excluding carboxylic acids is 1. The smallest absolute Gasteiger partial charge is 0.263 e. The van der Waals surface area contributed by atoms with Crippen LogP contribution in [0.3, 0.4) is 0 Å². The van der Waals surface area contributed by atoms with Crippen molar-refractivity contribution in [2.75, 3.05) is 13.1 Å². The predicted octanol–water partition coefficient (Wildman–Crippen LogP) is 1.95. The maximum absolute atomic E-state index is 13.1. The number of halogens is 1. The van der Waals surface area contributed by atoms with E-state index in [0.717, 1.165) is 25.9 Å². The van der Waals surface area contributed by atoms with Gasteiger partial charge in [-0.3, -0.25) is 4.79 Å². The quantitative estimate of drug-likeness (QED) is 0.926. The number of likely N-dealkylation sites (tertiary alicyclic amines) is 1. The van der Waals surface area contributed by atoms with Crippen molar-refractivity contribution in [3.05, 3.63) is 30.1 Å². The molecule has 2 heterocycles. The number of hydrogen-bond donors (Lipinski definition) is 1. The molecule has 0 aliphatic carbocycles. The fraction of sp³-hybridized carbons (Fsp3) is 0.562.